The van der Waals surface area contributed by atoms with Crippen LogP contribution in [0.4, 0.5) is 8.78 Å². The fraction of sp³-hybridized carbons (Fsp3) is 0.538. The van der Waals surface area contributed by atoms with E-state index in [9.17, 15) is 13.9 Å². The Morgan fingerprint density at radius 1 is 1.33 bits per heavy atom. The van der Waals surface area contributed by atoms with Gasteiger partial charge in [0, 0.05) is 30.8 Å². The van der Waals surface area contributed by atoms with Gasteiger partial charge in [0.05, 0.1) is 6.10 Å². The van der Waals surface area contributed by atoms with E-state index in [2.05, 4.69) is 5.32 Å². The molecule has 1 aromatic rings. The van der Waals surface area contributed by atoms with E-state index in [0.717, 1.165) is 18.7 Å². The van der Waals surface area contributed by atoms with Crippen molar-refractivity contribution in [2.24, 2.45) is 0 Å². The predicted molar refractivity (Wildman–Crippen MR) is 67.3 cm³/mol. The quantitative estimate of drug-likeness (QED) is 0.812. The highest BCUT2D eigenvalue weighted by atomic mass is 19.1. The van der Waals surface area contributed by atoms with E-state index in [-0.39, 0.29) is 18.2 Å². The first-order valence-electron chi connectivity index (χ1n) is 5.91. The minimum Gasteiger partial charge on any atom is -0.387 e. The highest BCUT2D eigenvalue weighted by Gasteiger charge is 2.14. The summed E-state index contributed by atoms with van der Waals surface area (Å²) in [7, 11) is 3.91. The summed E-state index contributed by atoms with van der Waals surface area (Å²) in [5, 5.41) is 12.9. The second-order valence-electron chi connectivity index (χ2n) is 4.75. The molecule has 1 aromatic carbocycles. The number of nitrogens with one attached hydrogen (secondary N) is 1. The van der Waals surface area contributed by atoms with E-state index >= 15 is 0 Å². The van der Waals surface area contributed by atoms with Crippen molar-refractivity contribution in [1.29, 1.82) is 0 Å². The number of halogens is 2. The lowest BCUT2D eigenvalue weighted by molar-refractivity contribution is 0.163. The fourth-order valence-corrected chi connectivity index (χ4v) is 1.81. The monoisotopic (exact) mass is 258 g/mol. The van der Waals surface area contributed by atoms with Crippen LogP contribution >= 0.6 is 0 Å². The molecule has 2 unspecified atom stereocenters. The topological polar surface area (TPSA) is 35.5 Å². The largest absolute Gasteiger partial charge is 0.387 e. The van der Waals surface area contributed by atoms with Gasteiger partial charge >= 0.3 is 0 Å². The third-order valence-corrected chi connectivity index (χ3v) is 2.62. The molecule has 0 aliphatic carbocycles. The molecule has 2 atom stereocenters. The fourth-order valence-electron chi connectivity index (χ4n) is 1.81. The minimum atomic E-state index is -0.977. The summed E-state index contributed by atoms with van der Waals surface area (Å²) in [5.74, 6) is -1.36. The summed E-state index contributed by atoms with van der Waals surface area (Å²) >= 11 is 0. The first-order valence-corrected chi connectivity index (χ1v) is 5.91. The van der Waals surface area contributed by atoms with Gasteiger partial charge in [0.1, 0.15) is 11.6 Å². The molecule has 0 amide bonds. The molecular weight excluding hydrogens is 238 g/mol. The SMILES string of the molecule is CC(CN(C)C)NCC(O)c1ccc(F)cc1F. The van der Waals surface area contributed by atoms with Crippen LogP contribution in [0, 0.1) is 11.6 Å². The van der Waals surface area contributed by atoms with Crippen molar-refractivity contribution >= 4 is 0 Å². The van der Waals surface area contributed by atoms with Crippen LogP contribution in [0.25, 0.3) is 0 Å². The molecule has 102 valence electrons. The van der Waals surface area contributed by atoms with Crippen molar-refractivity contribution < 1.29 is 13.9 Å². The number of likely N-dealkylation sites (N-methyl/N-ethyl adjacent to an activating group) is 1. The number of benzene rings is 1. The average Bonchev–Trinajstić information content (AvgIpc) is 2.25. The highest BCUT2D eigenvalue weighted by molar-refractivity contribution is 5.21. The van der Waals surface area contributed by atoms with Crippen LogP contribution in [0.2, 0.25) is 0 Å². The van der Waals surface area contributed by atoms with Gasteiger partial charge < -0.3 is 15.3 Å². The van der Waals surface area contributed by atoms with Crippen LogP contribution in [0.3, 0.4) is 0 Å². The molecule has 0 heterocycles. The molecule has 2 N–H and O–H groups in total. The van der Waals surface area contributed by atoms with Crippen molar-refractivity contribution in [2.45, 2.75) is 19.1 Å². The Morgan fingerprint density at radius 2 is 2.00 bits per heavy atom. The van der Waals surface area contributed by atoms with Gasteiger partial charge in [-0.25, -0.2) is 8.78 Å². The Bertz CT molecular complexity index is 385. The van der Waals surface area contributed by atoms with E-state index in [1.54, 1.807) is 0 Å². The molecule has 18 heavy (non-hydrogen) atoms. The standard InChI is InChI=1S/C13H20F2N2O/c1-9(8-17(2)3)16-7-13(18)11-5-4-10(14)6-12(11)15/h4-6,9,13,16,18H,7-8H2,1-3H3. The first kappa shape index (κ1) is 15.0. The van der Waals surface area contributed by atoms with E-state index in [1.165, 1.54) is 6.07 Å². The summed E-state index contributed by atoms with van der Waals surface area (Å²) in [6.07, 6.45) is -0.977. The van der Waals surface area contributed by atoms with Crippen LogP contribution in [0.1, 0.15) is 18.6 Å². The number of aliphatic hydroxyl groups excluding tert-OH is 1. The Hall–Kier alpha value is -1.04. The van der Waals surface area contributed by atoms with Gasteiger partial charge in [-0.1, -0.05) is 6.07 Å². The van der Waals surface area contributed by atoms with Gasteiger partial charge in [-0.05, 0) is 27.1 Å². The highest BCUT2D eigenvalue weighted by Crippen LogP contribution is 2.17. The lowest BCUT2D eigenvalue weighted by Crippen LogP contribution is -2.38. The van der Waals surface area contributed by atoms with Crippen LogP contribution in [-0.2, 0) is 0 Å². The Morgan fingerprint density at radius 3 is 2.56 bits per heavy atom. The molecule has 1 rings (SSSR count). The van der Waals surface area contributed by atoms with Crippen molar-refractivity contribution in [3.05, 3.63) is 35.4 Å². The summed E-state index contributed by atoms with van der Waals surface area (Å²) in [6, 6.07) is 3.37. The summed E-state index contributed by atoms with van der Waals surface area (Å²) in [6.45, 7) is 3.03. The molecule has 5 heteroatoms. The second kappa shape index (κ2) is 6.78. The Balaban J connectivity index is 2.52. The van der Waals surface area contributed by atoms with Gasteiger partial charge in [0.25, 0.3) is 0 Å². The van der Waals surface area contributed by atoms with Crippen LogP contribution in [-0.4, -0.2) is 43.2 Å². The Labute approximate surface area is 106 Å². The van der Waals surface area contributed by atoms with E-state index in [1.807, 2.05) is 25.9 Å². The first-order chi connectivity index (χ1) is 8.40. The van der Waals surface area contributed by atoms with Gasteiger partial charge in [-0.3, -0.25) is 0 Å². The zero-order valence-electron chi connectivity index (χ0n) is 11.0. The minimum absolute atomic E-state index is 0.112. The number of hydrogen-bond acceptors (Lipinski definition) is 3. The maximum Gasteiger partial charge on any atom is 0.131 e. The molecule has 0 fully saturated rings. The van der Waals surface area contributed by atoms with Crippen molar-refractivity contribution in [2.75, 3.05) is 27.2 Å². The van der Waals surface area contributed by atoms with Crippen LogP contribution in [0.5, 0.6) is 0 Å². The maximum absolute atomic E-state index is 13.4. The van der Waals surface area contributed by atoms with E-state index in [0.29, 0.717) is 0 Å². The van der Waals surface area contributed by atoms with Crippen LogP contribution in [0.15, 0.2) is 18.2 Å². The average molecular weight is 258 g/mol. The van der Waals surface area contributed by atoms with Crippen molar-refractivity contribution in [1.82, 2.24) is 10.2 Å². The molecule has 0 aliphatic heterocycles. The molecule has 0 saturated heterocycles. The second-order valence-corrected chi connectivity index (χ2v) is 4.75. The van der Waals surface area contributed by atoms with Gasteiger partial charge in [-0.2, -0.15) is 0 Å². The molecular formula is C13H20F2N2O. The smallest absolute Gasteiger partial charge is 0.131 e. The number of aliphatic hydroxyl groups is 1. The Kier molecular flexibility index (Phi) is 5.65. The summed E-state index contributed by atoms with van der Waals surface area (Å²) < 4.78 is 26.1. The van der Waals surface area contributed by atoms with Gasteiger partial charge in [0.15, 0.2) is 0 Å². The molecule has 3 nitrogen and oxygen atoms in total. The number of hydrogen-bond donors (Lipinski definition) is 2. The molecule has 0 bridgehead atoms. The zero-order chi connectivity index (χ0) is 13.7. The molecule has 0 radical (unpaired) electrons. The van der Waals surface area contributed by atoms with Crippen LogP contribution < -0.4 is 5.32 Å². The maximum atomic E-state index is 13.4. The zero-order valence-corrected chi connectivity index (χ0v) is 11.0. The number of nitrogens with zero attached hydrogens (tertiary/aromatic N) is 1. The van der Waals surface area contributed by atoms with E-state index in [4.69, 9.17) is 0 Å². The molecule has 0 spiro atoms. The molecule has 0 aliphatic rings. The molecule has 0 saturated carbocycles. The molecule has 0 aromatic heterocycles. The van der Waals surface area contributed by atoms with Crippen molar-refractivity contribution in [3.8, 4) is 0 Å². The van der Waals surface area contributed by atoms with E-state index < -0.39 is 17.7 Å². The normalized spacial score (nSPS) is 14.8. The lowest BCUT2D eigenvalue weighted by Gasteiger charge is -2.20. The summed E-state index contributed by atoms with van der Waals surface area (Å²) in [4.78, 5) is 2.02. The summed E-state index contributed by atoms with van der Waals surface area (Å²) in [5.41, 5.74) is 0.112. The van der Waals surface area contributed by atoms with Gasteiger partial charge in [-0.15, -0.1) is 0 Å². The third-order valence-electron chi connectivity index (χ3n) is 2.62. The third kappa shape index (κ3) is 4.68. The van der Waals surface area contributed by atoms with Gasteiger partial charge in [0.2, 0.25) is 0 Å². The number of rotatable bonds is 6. The van der Waals surface area contributed by atoms with Crippen molar-refractivity contribution in [3.63, 3.8) is 0 Å². The predicted octanol–water partition coefficient (Wildman–Crippen LogP) is 1.54. The lowest BCUT2D eigenvalue weighted by atomic mass is 10.1.